The van der Waals surface area contributed by atoms with Crippen LogP contribution >= 0.6 is 0 Å². The number of carboxylic acid groups (broad SMARTS) is 1. The highest BCUT2D eigenvalue weighted by atomic mass is 16.6. The predicted octanol–water partition coefficient (Wildman–Crippen LogP) is 1.41. The summed E-state index contributed by atoms with van der Waals surface area (Å²) in [5.74, 6) is -2.16. The molecule has 0 aliphatic heterocycles. The molecule has 0 saturated heterocycles. The third-order valence-electron chi connectivity index (χ3n) is 1.89. The van der Waals surface area contributed by atoms with Gasteiger partial charge in [-0.3, -0.25) is 9.78 Å². The number of hydrogen-bond acceptors (Lipinski definition) is 4. The molecule has 1 N–H and O–H groups in total. The lowest BCUT2D eigenvalue weighted by Gasteiger charge is -2.14. The third kappa shape index (κ3) is 3.05. The Kier molecular flexibility index (Phi) is 3.99. The zero-order chi connectivity index (χ0) is 12.1. The highest BCUT2D eigenvalue weighted by Gasteiger charge is 2.26. The molecule has 1 heterocycles. The average molecular weight is 223 g/mol. The first-order chi connectivity index (χ1) is 7.52. The van der Waals surface area contributed by atoms with Crippen LogP contribution in [0.1, 0.15) is 25.6 Å². The quantitative estimate of drug-likeness (QED) is 0.781. The van der Waals surface area contributed by atoms with Gasteiger partial charge in [0, 0.05) is 6.20 Å². The van der Waals surface area contributed by atoms with Gasteiger partial charge in [-0.05, 0) is 12.1 Å². The molecular formula is C11H13NO4. The number of ether oxygens (including phenoxy) is 1. The van der Waals surface area contributed by atoms with E-state index < -0.39 is 18.0 Å². The lowest BCUT2D eigenvalue weighted by molar-refractivity contribution is -0.167. The Hall–Kier alpha value is -1.91. The minimum Gasteiger partial charge on any atom is -0.478 e. The monoisotopic (exact) mass is 223 g/mol. The first kappa shape index (κ1) is 12.2. The van der Waals surface area contributed by atoms with Crippen LogP contribution in [0.2, 0.25) is 0 Å². The van der Waals surface area contributed by atoms with E-state index in [4.69, 9.17) is 9.84 Å². The first-order valence-corrected chi connectivity index (χ1v) is 4.86. The lowest BCUT2D eigenvalue weighted by atomic mass is 10.2. The van der Waals surface area contributed by atoms with Crippen LogP contribution in [-0.2, 0) is 14.3 Å². The summed E-state index contributed by atoms with van der Waals surface area (Å²) in [6, 6.07) is 4.81. The maximum atomic E-state index is 11.3. The van der Waals surface area contributed by atoms with Crippen LogP contribution in [0.5, 0.6) is 0 Å². The molecule has 0 spiro atoms. The van der Waals surface area contributed by atoms with E-state index in [1.54, 1.807) is 26.0 Å². The van der Waals surface area contributed by atoms with Gasteiger partial charge in [0.15, 0.2) is 0 Å². The van der Waals surface area contributed by atoms with Crippen molar-refractivity contribution in [2.75, 3.05) is 0 Å². The number of carbonyl (C=O) groups excluding carboxylic acids is 1. The van der Waals surface area contributed by atoms with Crippen molar-refractivity contribution in [3.8, 4) is 0 Å². The largest absolute Gasteiger partial charge is 0.478 e. The van der Waals surface area contributed by atoms with Crippen LogP contribution < -0.4 is 0 Å². The van der Waals surface area contributed by atoms with Crippen molar-refractivity contribution in [2.24, 2.45) is 5.92 Å². The Bertz CT molecular complexity index is 375. The van der Waals surface area contributed by atoms with Crippen molar-refractivity contribution >= 4 is 11.9 Å². The van der Waals surface area contributed by atoms with E-state index in [-0.39, 0.29) is 11.6 Å². The van der Waals surface area contributed by atoms with Gasteiger partial charge in [0.1, 0.15) is 0 Å². The lowest BCUT2D eigenvalue weighted by Crippen LogP contribution is -2.22. The van der Waals surface area contributed by atoms with Crippen LogP contribution in [0.15, 0.2) is 24.4 Å². The fourth-order valence-corrected chi connectivity index (χ4v) is 1.02. The molecule has 0 fully saturated rings. The van der Waals surface area contributed by atoms with Gasteiger partial charge in [-0.15, -0.1) is 0 Å². The van der Waals surface area contributed by atoms with Gasteiger partial charge in [0.2, 0.25) is 6.10 Å². The Morgan fingerprint density at radius 1 is 1.38 bits per heavy atom. The molecule has 5 nitrogen and oxygen atoms in total. The van der Waals surface area contributed by atoms with Crippen LogP contribution in [0.25, 0.3) is 0 Å². The first-order valence-electron chi connectivity index (χ1n) is 4.86. The zero-order valence-electron chi connectivity index (χ0n) is 9.08. The third-order valence-corrected chi connectivity index (χ3v) is 1.89. The summed E-state index contributed by atoms with van der Waals surface area (Å²) >= 11 is 0. The number of carboxylic acids is 1. The van der Waals surface area contributed by atoms with Gasteiger partial charge < -0.3 is 9.84 Å². The smallest absolute Gasteiger partial charge is 0.351 e. The van der Waals surface area contributed by atoms with Gasteiger partial charge in [-0.1, -0.05) is 19.9 Å². The van der Waals surface area contributed by atoms with Gasteiger partial charge in [0.25, 0.3) is 0 Å². The van der Waals surface area contributed by atoms with Crippen LogP contribution in [0, 0.1) is 5.92 Å². The molecule has 1 atom stereocenters. The molecule has 1 rings (SSSR count). The Morgan fingerprint density at radius 3 is 2.50 bits per heavy atom. The van der Waals surface area contributed by atoms with Crippen LogP contribution in [0.3, 0.4) is 0 Å². The van der Waals surface area contributed by atoms with E-state index in [1.165, 1.54) is 12.3 Å². The molecule has 5 heteroatoms. The Labute approximate surface area is 93.1 Å². The van der Waals surface area contributed by atoms with Gasteiger partial charge in [-0.25, -0.2) is 4.79 Å². The number of nitrogens with zero attached hydrogens (tertiary/aromatic N) is 1. The molecule has 1 aromatic heterocycles. The summed E-state index contributed by atoms with van der Waals surface area (Å²) in [7, 11) is 0. The van der Waals surface area contributed by atoms with E-state index >= 15 is 0 Å². The summed E-state index contributed by atoms with van der Waals surface area (Å²) in [6.07, 6.45) is 0.116. The van der Waals surface area contributed by atoms with Gasteiger partial charge in [0.05, 0.1) is 11.6 Å². The molecule has 86 valence electrons. The molecule has 16 heavy (non-hydrogen) atoms. The van der Waals surface area contributed by atoms with E-state index in [1.807, 2.05) is 0 Å². The molecule has 0 aromatic carbocycles. The zero-order valence-corrected chi connectivity index (χ0v) is 9.08. The number of aliphatic carboxylic acids is 1. The maximum Gasteiger partial charge on any atom is 0.351 e. The minimum atomic E-state index is -1.34. The normalized spacial score (nSPS) is 12.2. The van der Waals surface area contributed by atoms with Crippen molar-refractivity contribution in [1.29, 1.82) is 0 Å². The number of rotatable bonds is 4. The second-order valence-electron chi connectivity index (χ2n) is 3.56. The average Bonchev–Trinajstić information content (AvgIpc) is 2.26. The SMILES string of the molecule is CC(C)C(=O)OC(C(=O)O)c1ccccn1. The van der Waals surface area contributed by atoms with Crippen molar-refractivity contribution in [2.45, 2.75) is 20.0 Å². The van der Waals surface area contributed by atoms with Crippen LogP contribution in [0.4, 0.5) is 0 Å². The standard InChI is InChI=1S/C11H13NO4/c1-7(2)11(15)16-9(10(13)14)8-5-3-4-6-12-8/h3-7,9H,1-2H3,(H,13,14). The minimum absolute atomic E-state index is 0.212. The van der Waals surface area contributed by atoms with Crippen molar-refractivity contribution in [3.63, 3.8) is 0 Å². The maximum absolute atomic E-state index is 11.3. The highest BCUT2D eigenvalue weighted by molar-refractivity contribution is 5.79. The fourth-order valence-electron chi connectivity index (χ4n) is 1.02. The Morgan fingerprint density at radius 2 is 2.06 bits per heavy atom. The number of carbonyl (C=O) groups is 2. The number of aromatic nitrogens is 1. The molecule has 1 unspecified atom stereocenters. The molecule has 1 aromatic rings. The van der Waals surface area contributed by atoms with Crippen molar-refractivity contribution in [3.05, 3.63) is 30.1 Å². The van der Waals surface area contributed by atoms with Gasteiger partial charge >= 0.3 is 11.9 Å². The molecule has 0 amide bonds. The van der Waals surface area contributed by atoms with Crippen LogP contribution in [-0.4, -0.2) is 22.0 Å². The summed E-state index contributed by atoms with van der Waals surface area (Å²) in [5.41, 5.74) is 0.212. The van der Waals surface area contributed by atoms with E-state index in [2.05, 4.69) is 4.98 Å². The Balaban J connectivity index is 2.85. The van der Waals surface area contributed by atoms with Gasteiger partial charge in [-0.2, -0.15) is 0 Å². The highest BCUT2D eigenvalue weighted by Crippen LogP contribution is 2.16. The summed E-state index contributed by atoms with van der Waals surface area (Å²) in [5, 5.41) is 8.94. The number of esters is 1. The molecule has 0 aliphatic rings. The van der Waals surface area contributed by atoms with E-state index in [9.17, 15) is 9.59 Å². The fraction of sp³-hybridized carbons (Fsp3) is 0.364. The summed E-state index contributed by atoms with van der Waals surface area (Å²) in [6.45, 7) is 3.28. The molecule has 0 radical (unpaired) electrons. The van der Waals surface area contributed by atoms with Crippen molar-refractivity contribution in [1.82, 2.24) is 4.98 Å². The summed E-state index contributed by atoms with van der Waals surface area (Å²) < 4.78 is 4.86. The topological polar surface area (TPSA) is 76.5 Å². The molecule has 0 saturated carbocycles. The summed E-state index contributed by atoms with van der Waals surface area (Å²) in [4.78, 5) is 26.1. The molecular weight excluding hydrogens is 210 g/mol. The number of hydrogen-bond donors (Lipinski definition) is 1. The predicted molar refractivity (Wildman–Crippen MR) is 55.5 cm³/mol. The second-order valence-corrected chi connectivity index (χ2v) is 3.56. The van der Waals surface area contributed by atoms with E-state index in [0.717, 1.165) is 0 Å². The van der Waals surface area contributed by atoms with E-state index in [0.29, 0.717) is 0 Å². The molecule has 0 bridgehead atoms. The second kappa shape index (κ2) is 5.25. The molecule has 0 aliphatic carbocycles. The van der Waals surface area contributed by atoms with Crippen molar-refractivity contribution < 1.29 is 19.4 Å². The number of pyridine rings is 1.